The fourth-order valence-corrected chi connectivity index (χ4v) is 10.5. The van der Waals surface area contributed by atoms with E-state index in [0.717, 1.165) is 0 Å². The second kappa shape index (κ2) is 6.57. The molecule has 21 heavy (non-hydrogen) atoms. The van der Waals surface area contributed by atoms with Crippen LogP contribution >= 0.6 is 45.2 Å². The van der Waals surface area contributed by atoms with Crippen LogP contribution in [0.1, 0.15) is 6.92 Å². The molecule has 2 aliphatic heterocycles. The first-order valence-electron chi connectivity index (χ1n) is 5.93. The Bertz CT molecular complexity index is 756. The maximum absolute atomic E-state index is 11.6. The lowest BCUT2D eigenvalue weighted by atomic mass is 10.5. The minimum Gasteiger partial charge on any atom is -0.220 e. The number of hydrogen-bond donors (Lipinski definition) is 0. The minimum absolute atomic E-state index is 0.407. The maximum Gasteiger partial charge on any atom is 0.218 e. The van der Waals surface area contributed by atoms with Crippen LogP contribution in [0.25, 0.3) is 0 Å². The Kier molecular flexibility index (Phi) is 6.13. The Hall–Kier alpha value is 0.537. The number of sulfone groups is 2. The van der Waals surface area contributed by atoms with Gasteiger partial charge in [0.1, 0.15) is 5.82 Å². The van der Waals surface area contributed by atoms with Gasteiger partial charge in [-0.25, -0.2) is 16.8 Å². The van der Waals surface area contributed by atoms with E-state index < -0.39 is 27.7 Å². The quantitative estimate of drug-likeness (QED) is 0.353. The molecule has 0 bridgehead atoms. The molecule has 2 heterocycles. The average Bonchev–Trinajstić information content (AvgIpc) is 2.71. The molecule has 0 saturated carbocycles. The molecular weight excluding hydrogens is 554 g/mol. The summed E-state index contributed by atoms with van der Waals surface area (Å²) in [6.45, 7) is 7.79. The van der Waals surface area contributed by atoms with Crippen molar-refractivity contribution in [2.45, 2.75) is 26.6 Å². The van der Waals surface area contributed by atoms with Crippen LogP contribution in [0.5, 0.6) is 0 Å². The van der Waals surface area contributed by atoms with E-state index in [-0.39, 0.29) is 0 Å². The Morgan fingerprint density at radius 2 is 1.24 bits per heavy atom. The summed E-state index contributed by atoms with van der Waals surface area (Å²) in [6, 6.07) is 0. The van der Waals surface area contributed by atoms with Crippen LogP contribution in [0.15, 0.2) is 39.6 Å². The summed E-state index contributed by atoms with van der Waals surface area (Å²) < 4.78 is 46.6. The Balaban J connectivity index is 0.000000219. The van der Waals surface area contributed by atoms with Gasteiger partial charge >= 0.3 is 0 Å². The number of allylic oxidation sites excluding steroid dienone is 5. The summed E-state index contributed by atoms with van der Waals surface area (Å²) in [4.78, 5) is 0.486. The van der Waals surface area contributed by atoms with E-state index in [2.05, 4.69) is 0 Å². The van der Waals surface area contributed by atoms with Crippen LogP contribution in [-0.4, -0.2) is 24.9 Å². The van der Waals surface area contributed by atoms with Crippen molar-refractivity contribution in [1.29, 1.82) is 0 Å². The molecule has 0 radical (unpaired) electrons. The van der Waals surface area contributed by atoms with Crippen molar-refractivity contribution in [3.8, 4) is 0 Å². The molecule has 0 saturated heterocycles. The van der Waals surface area contributed by atoms with E-state index in [1.807, 2.05) is 19.6 Å². The zero-order valence-corrected chi connectivity index (χ0v) is 19.0. The molecule has 2 aliphatic rings. The van der Waals surface area contributed by atoms with Gasteiger partial charge < -0.3 is 0 Å². The number of hydrogen-bond acceptors (Lipinski definition) is 4. The second-order valence-corrected chi connectivity index (χ2v) is 18.7. The molecule has 0 aromatic heterocycles. The predicted molar refractivity (Wildman–Crippen MR) is 107 cm³/mol. The van der Waals surface area contributed by atoms with Gasteiger partial charge in [-0.2, -0.15) is 0 Å². The smallest absolute Gasteiger partial charge is 0.218 e. The summed E-state index contributed by atoms with van der Waals surface area (Å²) in [7, 11) is -7.73. The van der Waals surface area contributed by atoms with E-state index in [4.69, 9.17) is 0 Å². The van der Waals surface area contributed by atoms with Gasteiger partial charge in [-0.15, -0.1) is 0 Å². The van der Waals surface area contributed by atoms with E-state index in [0.29, 0.717) is 15.3 Å². The third kappa shape index (κ3) is 4.29. The highest BCUT2D eigenvalue weighted by Gasteiger charge is 2.34. The summed E-state index contributed by atoms with van der Waals surface area (Å²) in [5, 5.41) is 0. The first kappa shape index (κ1) is 19.6. The SMILES string of the molecule is CC1=CC=C([Si](C)(C)C)S1(=O)=O.O=S1(=O)C(I)=CC=C1I. The van der Waals surface area contributed by atoms with E-state index in [1.165, 1.54) is 0 Å². The molecule has 0 aliphatic carbocycles. The van der Waals surface area contributed by atoms with Crippen molar-refractivity contribution in [2.75, 3.05) is 0 Å². The van der Waals surface area contributed by atoms with Gasteiger partial charge in [-0.3, -0.25) is 0 Å². The molecule has 0 N–H and O–H groups in total. The van der Waals surface area contributed by atoms with Crippen LogP contribution in [0.3, 0.4) is 0 Å². The van der Waals surface area contributed by atoms with Crippen LogP contribution in [0.4, 0.5) is 0 Å². The topological polar surface area (TPSA) is 68.3 Å². The highest BCUT2D eigenvalue weighted by Crippen LogP contribution is 2.32. The molecule has 0 spiro atoms. The summed E-state index contributed by atoms with van der Waals surface area (Å²) in [5.41, 5.74) is 0. The molecule has 118 valence electrons. The van der Waals surface area contributed by atoms with Crippen molar-refractivity contribution in [1.82, 2.24) is 0 Å². The van der Waals surface area contributed by atoms with Crippen molar-refractivity contribution in [2.24, 2.45) is 0 Å². The lowest BCUT2D eigenvalue weighted by Gasteiger charge is -2.17. The van der Waals surface area contributed by atoms with E-state index in [1.54, 1.807) is 76.4 Å². The zero-order valence-electron chi connectivity index (χ0n) is 12.0. The fourth-order valence-electron chi connectivity index (χ4n) is 1.60. The fraction of sp³-hybridized carbons (Fsp3) is 0.333. The molecule has 9 heteroatoms. The van der Waals surface area contributed by atoms with Gasteiger partial charge in [0.25, 0.3) is 0 Å². The number of rotatable bonds is 1. The first-order valence-corrected chi connectivity index (χ1v) is 14.6. The van der Waals surface area contributed by atoms with Gasteiger partial charge in [0.05, 0.1) is 8.07 Å². The Morgan fingerprint density at radius 1 is 0.810 bits per heavy atom. The maximum atomic E-state index is 11.6. The highest BCUT2D eigenvalue weighted by atomic mass is 127. The van der Waals surface area contributed by atoms with Gasteiger partial charge in [-0.1, -0.05) is 25.7 Å². The molecule has 4 nitrogen and oxygen atoms in total. The third-order valence-electron chi connectivity index (χ3n) is 2.78. The second-order valence-electron chi connectivity index (χ2n) is 5.51. The van der Waals surface area contributed by atoms with Crippen molar-refractivity contribution >= 4 is 72.9 Å². The lowest BCUT2D eigenvalue weighted by molar-refractivity contribution is 0.609. The predicted octanol–water partition coefficient (Wildman–Crippen LogP) is 4.05. The molecule has 2 rings (SSSR count). The molecule has 0 fully saturated rings. The van der Waals surface area contributed by atoms with Crippen LogP contribution in [0, 0.1) is 0 Å². The largest absolute Gasteiger partial charge is 0.220 e. The minimum atomic E-state index is -3.04. The molecule has 0 aromatic rings. The van der Waals surface area contributed by atoms with Crippen molar-refractivity contribution < 1.29 is 16.8 Å². The van der Waals surface area contributed by atoms with Crippen molar-refractivity contribution in [3.05, 3.63) is 39.6 Å². The van der Waals surface area contributed by atoms with Gasteiger partial charge in [0.15, 0.2) is 9.84 Å². The normalized spacial score (nSPS) is 22.6. The Morgan fingerprint density at radius 3 is 1.38 bits per heavy atom. The van der Waals surface area contributed by atoms with E-state index >= 15 is 0 Å². The Labute approximate surface area is 154 Å². The van der Waals surface area contributed by atoms with E-state index in [9.17, 15) is 16.8 Å². The van der Waals surface area contributed by atoms with Crippen molar-refractivity contribution in [3.63, 3.8) is 0 Å². The van der Waals surface area contributed by atoms with Gasteiger partial charge in [0, 0.05) is 9.43 Å². The first-order chi connectivity index (χ1) is 9.31. The van der Waals surface area contributed by atoms with Gasteiger partial charge in [0.2, 0.25) is 9.84 Å². The molecule has 0 unspecified atom stereocenters. The monoisotopic (exact) mass is 570 g/mol. The van der Waals surface area contributed by atoms with Crippen LogP contribution < -0.4 is 0 Å². The third-order valence-corrected chi connectivity index (χ3v) is 14.3. The van der Waals surface area contributed by atoms with Crippen LogP contribution in [0.2, 0.25) is 19.6 Å². The highest BCUT2D eigenvalue weighted by molar-refractivity contribution is 14.1. The average molecular weight is 570 g/mol. The molecular formula is C12H16I2O4S2Si. The zero-order chi connectivity index (χ0) is 16.6. The van der Waals surface area contributed by atoms with Crippen LogP contribution in [-0.2, 0) is 19.7 Å². The molecule has 0 atom stereocenters. The molecule has 0 amide bonds. The summed E-state index contributed by atoms with van der Waals surface area (Å²) in [6.07, 6.45) is 6.65. The van der Waals surface area contributed by atoms with Gasteiger partial charge in [-0.05, 0) is 70.3 Å². The standard InChI is InChI=1S/C8H14O2SSi.C4H2I2O2S/c1-7-5-6-8(11(7,9)10)12(2,3)4;5-3-1-2-4(6)9(3,7)8/h5-6H,1-4H3;1-2H. The lowest BCUT2D eigenvalue weighted by Crippen LogP contribution is -2.28. The summed E-state index contributed by atoms with van der Waals surface area (Å²) in [5.74, 6) is 0. The summed E-state index contributed by atoms with van der Waals surface area (Å²) >= 11 is 3.61. The number of halogens is 2. The molecule has 0 aromatic carbocycles.